The van der Waals surface area contributed by atoms with E-state index in [1.807, 2.05) is 6.92 Å². The number of sulfonamides is 1. The molecular weight excluding hydrogens is 410 g/mol. The Morgan fingerprint density at radius 1 is 1.29 bits per heavy atom. The minimum atomic E-state index is -3.31. The Labute approximate surface area is 169 Å². The fourth-order valence-electron chi connectivity index (χ4n) is 2.60. The SMILES string of the molecule is CCNC(=NCc1ccccc1OC(F)F)NCCS(=O)(=O)N1CCSCC1. The van der Waals surface area contributed by atoms with Crippen LogP contribution in [0.4, 0.5) is 8.78 Å². The highest BCUT2D eigenvalue weighted by Crippen LogP contribution is 2.21. The summed E-state index contributed by atoms with van der Waals surface area (Å²) in [4.78, 5) is 4.34. The lowest BCUT2D eigenvalue weighted by Crippen LogP contribution is -2.44. The molecule has 0 spiro atoms. The molecule has 1 saturated heterocycles. The van der Waals surface area contributed by atoms with E-state index >= 15 is 0 Å². The van der Waals surface area contributed by atoms with E-state index in [2.05, 4.69) is 20.4 Å². The number of para-hydroxylation sites is 1. The molecule has 7 nitrogen and oxygen atoms in total. The van der Waals surface area contributed by atoms with Gasteiger partial charge in [-0.3, -0.25) is 0 Å². The van der Waals surface area contributed by atoms with Gasteiger partial charge in [0.15, 0.2) is 5.96 Å². The van der Waals surface area contributed by atoms with Crippen molar-refractivity contribution in [1.29, 1.82) is 0 Å². The highest BCUT2D eigenvalue weighted by atomic mass is 32.2. The third kappa shape index (κ3) is 7.44. The number of alkyl halides is 2. The van der Waals surface area contributed by atoms with E-state index in [1.165, 1.54) is 10.4 Å². The number of halogens is 2. The van der Waals surface area contributed by atoms with Crippen molar-refractivity contribution in [3.63, 3.8) is 0 Å². The average molecular weight is 437 g/mol. The van der Waals surface area contributed by atoms with Crippen molar-refractivity contribution in [2.45, 2.75) is 20.1 Å². The van der Waals surface area contributed by atoms with E-state index in [1.54, 1.807) is 30.0 Å². The maximum absolute atomic E-state index is 12.5. The van der Waals surface area contributed by atoms with Crippen LogP contribution in [0.3, 0.4) is 0 Å². The van der Waals surface area contributed by atoms with Gasteiger partial charge in [0.2, 0.25) is 10.0 Å². The van der Waals surface area contributed by atoms with Crippen molar-refractivity contribution in [2.75, 3.05) is 43.4 Å². The third-order valence-electron chi connectivity index (χ3n) is 3.96. The van der Waals surface area contributed by atoms with Crippen molar-refractivity contribution in [2.24, 2.45) is 4.99 Å². The van der Waals surface area contributed by atoms with Gasteiger partial charge in [-0.25, -0.2) is 17.7 Å². The second-order valence-corrected chi connectivity index (χ2v) is 9.25. The number of ether oxygens (including phenoxy) is 1. The predicted octanol–water partition coefficient (Wildman–Crippen LogP) is 1.72. The molecule has 2 rings (SSSR count). The minimum absolute atomic E-state index is 0.0346. The second kappa shape index (κ2) is 11.4. The molecule has 0 aliphatic carbocycles. The fraction of sp³-hybridized carbons (Fsp3) is 0.588. The molecule has 1 aromatic rings. The lowest BCUT2D eigenvalue weighted by atomic mass is 10.2. The summed E-state index contributed by atoms with van der Waals surface area (Å²) in [7, 11) is -3.31. The fourth-order valence-corrected chi connectivity index (χ4v) is 5.10. The number of hydrogen-bond donors (Lipinski definition) is 2. The van der Waals surface area contributed by atoms with Crippen molar-refractivity contribution in [3.05, 3.63) is 29.8 Å². The van der Waals surface area contributed by atoms with Crippen LogP contribution in [0, 0.1) is 0 Å². The molecule has 1 aromatic carbocycles. The molecule has 1 fully saturated rings. The molecule has 0 radical (unpaired) electrons. The lowest BCUT2D eigenvalue weighted by Gasteiger charge is -2.25. The first-order valence-corrected chi connectivity index (χ1v) is 11.8. The zero-order valence-corrected chi connectivity index (χ0v) is 17.4. The minimum Gasteiger partial charge on any atom is -0.434 e. The van der Waals surface area contributed by atoms with Crippen LogP contribution in [0.15, 0.2) is 29.3 Å². The van der Waals surface area contributed by atoms with E-state index in [0.717, 1.165) is 11.5 Å². The van der Waals surface area contributed by atoms with E-state index in [4.69, 9.17) is 0 Å². The number of nitrogens with one attached hydrogen (secondary N) is 2. The molecule has 1 aliphatic rings. The summed E-state index contributed by atoms with van der Waals surface area (Å²) in [5.74, 6) is 2.09. The third-order valence-corrected chi connectivity index (χ3v) is 6.77. The van der Waals surface area contributed by atoms with Gasteiger partial charge >= 0.3 is 6.61 Å². The van der Waals surface area contributed by atoms with E-state index in [9.17, 15) is 17.2 Å². The first kappa shape index (κ1) is 22.7. The highest BCUT2D eigenvalue weighted by molar-refractivity contribution is 7.99. The average Bonchev–Trinajstić information content (AvgIpc) is 2.67. The van der Waals surface area contributed by atoms with Crippen LogP contribution in [0.25, 0.3) is 0 Å². The zero-order valence-electron chi connectivity index (χ0n) is 15.7. The topological polar surface area (TPSA) is 83.0 Å². The van der Waals surface area contributed by atoms with Gasteiger partial charge in [-0.05, 0) is 13.0 Å². The molecule has 0 atom stereocenters. The number of hydrogen-bond acceptors (Lipinski definition) is 5. The van der Waals surface area contributed by atoms with Crippen molar-refractivity contribution >= 4 is 27.7 Å². The molecule has 0 unspecified atom stereocenters. The lowest BCUT2D eigenvalue weighted by molar-refractivity contribution is -0.0504. The van der Waals surface area contributed by atoms with Crippen LogP contribution >= 0.6 is 11.8 Å². The number of rotatable bonds is 9. The number of benzene rings is 1. The van der Waals surface area contributed by atoms with Gasteiger partial charge in [-0.15, -0.1) is 0 Å². The Morgan fingerprint density at radius 3 is 2.68 bits per heavy atom. The van der Waals surface area contributed by atoms with Crippen LogP contribution in [0.2, 0.25) is 0 Å². The standard InChI is InChI=1S/C17H26F2N4O3S2/c1-2-20-17(21-7-12-28(24,25)23-8-10-27-11-9-23)22-13-14-5-3-4-6-15(14)26-16(18)19/h3-6,16H,2,7-13H2,1H3,(H2,20,21,22). The maximum Gasteiger partial charge on any atom is 0.387 e. The number of thioether (sulfide) groups is 1. The van der Waals surface area contributed by atoms with E-state index < -0.39 is 16.6 Å². The van der Waals surface area contributed by atoms with Gasteiger partial charge in [0.05, 0.1) is 12.3 Å². The molecule has 1 aliphatic heterocycles. The Kier molecular flexibility index (Phi) is 9.26. The first-order chi connectivity index (χ1) is 13.4. The molecule has 0 saturated carbocycles. The molecule has 0 bridgehead atoms. The van der Waals surface area contributed by atoms with Crippen LogP contribution in [0.5, 0.6) is 5.75 Å². The zero-order chi connectivity index (χ0) is 20.4. The largest absolute Gasteiger partial charge is 0.434 e. The number of aliphatic imine (C=N–C) groups is 1. The molecule has 2 N–H and O–H groups in total. The summed E-state index contributed by atoms with van der Waals surface area (Å²) in [6.07, 6.45) is 0. The first-order valence-electron chi connectivity index (χ1n) is 9.03. The quantitative estimate of drug-likeness (QED) is 0.453. The van der Waals surface area contributed by atoms with E-state index in [0.29, 0.717) is 31.2 Å². The molecule has 158 valence electrons. The molecule has 11 heteroatoms. The van der Waals surface area contributed by atoms with Crippen molar-refractivity contribution < 1.29 is 21.9 Å². The predicted molar refractivity (Wildman–Crippen MR) is 109 cm³/mol. The monoisotopic (exact) mass is 436 g/mol. The summed E-state index contributed by atoms with van der Waals surface area (Å²) in [5, 5.41) is 6.00. The smallest absolute Gasteiger partial charge is 0.387 e. The van der Waals surface area contributed by atoms with Gasteiger partial charge in [0.1, 0.15) is 5.75 Å². The maximum atomic E-state index is 12.5. The van der Waals surface area contributed by atoms with Crippen LogP contribution in [0.1, 0.15) is 12.5 Å². The molecular formula is C17H26F2N4O3S2. The number of guanidine groups is 1. The highest BCUT2D eigenvalue weighted by Gasteiger charge is 2.23. The summed E-state index contributed by atoms with van der Waals surface area (Å²) in [5.41, 5.74) is 0.512. The van der Waals surface area contributed by atoms with Gasteiger partial charge in [-0.2, -0.15) is 20.5 Å². The summed E-state index contributed by atoms with van der Waals surface area (Å²) >= 11 is 1.75. The summed E-state index contributed by atoms with van der Waals surface area (Å²) < 4.78 is 55.8. The Balaban J connectivity index is 1.94. The van der Waals surface area contributed by atoms with Gasteiger partial charge in [0.25, 0.3) is 0 Å². The number of nitrogens with zero attached hydrogens (tertiary/aromatic N) is 2. The van der Waals surface area contributed by atoms with Gasteiger partial charge in [-0.1, -0.05) is 18.2 Å². The molecule has 0 amide bonds. The Bertz CT molecular complexity index is 742. The van der Waals surface area contributed by atoms with Crippen molar-refractivity contribution in [3.8, 4) is 5.75 Å². The normalized spacial score (nSPS) is 16.2. The molecule has 28 heavy (non-hydrogen) atoms. The summed E-state index contributed by atoms with van der Waals surface area (Å²) in [6.45, 7) is 0.963. The second-order valence-electron chi connectivity index (χ2n) is 5.94. The van der Waals surface area contributed by atoms with Gasteiger partial charge < -0.3 is 15.4 Å². The van der Waals surface area contributed by atoms with Crippen LogP contribution in [-0.2, 0) is 16.6 Å². The van der Waals surface area contributed by atoms with Crippen molar-refractivity contribution in [1.82, 2.24) is 14.9 Å². The van der Waals surface area contributed by atoms with Crippen LogP contribution in [-0.4, -0.2) is 68.7 Å². The Hall–Kier alpha value is -1.59. The van der Waals surface area contributed by atoms with Crippen LogP contribution < -0.4 is 15.4 Å². The van der Waals surface area contributed by atoms with Gasteiger partial charge in [0, 0.05) is 43.2 Å². The van der Waals surface area contributed by atoms with E-state index in [-0.39, 0.29) is 24.6 Å². The molecule has 0 aromatic heterocycles. The summed E-state index contributed by atoms with van der Waals surface area (Å²) in [6, 6.07) is 6.44. The molecule has 1 heterocycles. The Morgan fingerprint density at radius 2 is 2.00 bits per heavy atom.